The van der Waals surface area contributed by atoms with Crippen molar-refractivity contribution in [3.8, 4) is 5.69 Å². The predicted molar refractivity (Wildman–Crippen MR) is 131 cm³/mol. The largest absolute Gasteiger partial charge is 0.309 e. The Morgan fingerprint density at radius 1 is 1.09 bits per heavy atom. The molecule has 0 unspecified atom stereocenters. The van der Waals surface area contributed by atoms with Crippen molar-refractivity contribution in [2.75, 3.05) is 18.4 Å². The molecule has 3 rings (SSSR count). The summed E-state index contributed by atoms with van der Waals surface area (Å²) >= 11 is 6.38. The minimum absolute atomic E-state index is 0.155. The molecular weight excluding hydrogens is 460 g/mol. The van der Waals surface area contributed by atoms with Gasteiger partial charge in [-0.05, 0) is 30.7 Å². The second-order valence-electron chi connectivity index (χ2n) is 8.73. The summed E-state index contributed by atoms with van der Waals surface area (Å²) < 4.78 is 29.0. The number of nitrogens with zero attached hydrogens (tertiary/aromatic N) is 3. The zero-order valence-electron chi connectivity index (χ0n) is 19.2. The van der Waals surface area contributed by atoms with Crippen LogP contribution in [0.2, 0.25) is 5.02 Å². The molecule has 0 fully saturated rings. The fraction of sp³-hybridized carbons (Fsp3) is 0.333. The number of sulfonamides is 1. The minimum atomic E-state index is -3.81. The molecule has 0 bridgehead atoms. The highest BCUT2D eigenvalue weighted by Crippen LogP contribution is 2.29. The number of anilines is 1. The number of rotatable bonds is 8. The molecule has 0 atom stereocenters. The molecule has 0 saturated carbocycles. The van der Waals surface area contributed by atoms with E-state index < -0.39 is 15.9 Å². The second kappa shape index (κ2) is 10.1. The fourth-order valence-electron chi connectivity index (χ4n) is 3.26. The van der Waals surface area contributed by atoms with Crippen LogP contribution in [0.5, 0.6) is 0 Å². The Hall–Kier alpha value is -2.68. The van der Waals surface area contributed by atoms with E-state index in [1.807, 2.05) is 39.8 Å². The Morgan fingerprint density at radius 3 is 2.33 bits per heavy atom. The van der Waals surface area contributed by atoms with Crippen molar-refractivity contribution in [2.24, 2.45) is 0 Å². The SMILES string of the molecule is CCCN(CC(=O)Nc1cc(C(C)(C)C)nn1-c1ccccc1Cl)S(=O)(=O)c1ccccc1. The lowest BCUT2D eigenvalue weighted by molar-refractivity contribution is -0.116. The number of carbonyl (C=O) groups is 1. The Labute approximate surface area is 200 Å². The van der Waals surface area contributed by atoms with E-state index >= 15 is 0 Å². The van der Waals surface area contributed by atoms with Gasteiger partial charge in [-0.1, -0.05) is 69.6 Å². The minimum Gasteiger partial charge on any atom is -0.309 e. The summed E-state index contributed by atoms with van der Waals surface area (Å²) in [7, 11) is -3.81. The van der Waals surface area contributed by atoms with Gasteiger partial charge in [-0.15, -0.1) is 0 Å². The van der Waals surface area contributed by atoms with Gasteiger partial charge >= 0.3 is 0 Å². The third-order valence-electron chi connectivity index (χ3n) is 5.00. The van der Waals surface area contributed by atoms with Crippen molar-refractivity contribution < 1.29 is 13.2 Å². The van der Waals surface area contributed by atoms with Gasteiger partial charge in [-0.2, -0.15) is 9.40 Å². The Balaban J connectivity index is 1.91. The summed E-state index contributed by atoms with van der Waals surface area (Å²) in [6.45, 7) is 7.84. The van der Waals surface area contributed by atoms with Crippen LogP contribution < -0.4 is 5.32 Å². The third-order valence-corrected chi connectivity index (χ3v) is 7.18. The summed E-state index contributed by atoms with van der Waals surface area (Å²) in [6, 6.07) is 17.1. The fourth-order valence-corrected chi connectivity index (χ4v) is 4.99. The lowest BCUT2D eigenvalue weighted by Crippen LogP contribution is -2.38. The van der Waals surface area contributed by atoms with E-state index in [1.54, 1.807) is 41.1 Å². The molecule has 1 amide bonds. The van der Waals surface area contributed by atoms with Crippen LogP contribution in [-0.4, -0.2) is 41.5 Å². The molecule has 0 aliphatic heterocycles. The van der Waals surface area contributed by atoms with Gasteiger partial charge in [-0.3, -0.25) is 4.79 Å². The number of hydrogen-bond acceptors (Lipinski definition) is 4. The molecule has 2 aromatic carbocycles. The Bertz CT molecular complexity index is 1220. The third kappa shape index (κ3) is 5.82. The number of halogens is 1. The van der Waals surface area contributed by atoms with Crippen molar-refractivity contribution in [1.29, 1.82) is 0 Å². The lowest BCUT2D eigenvalue weighted by atomic mass is 9.92. The summed E-state index contributed by atoms with van der Waals surface area (Å²) in [5.74, 6) is -0.0387. The molecule has 1 aromatic heterocycles. The molecule has 0 saturated heterocycles. The second-order valence-corrected chi connectivity index (χ2v) is 11.1. The molecule has 1 N–H and O–H groups in total. The number of benzene rings is 2. The number of nitrogens with one attached hydrogen (secondary N) is 1. The molecule has 9 heteroatoms. The van der Waals surface area contributed by atoms with E-state index in [-0.39, 0.29) is 23.4 Å². The molecule has 176 valence electrons. The molecule has 33 heavy (non-hydrogen) atoms. The standard InChI is InChI=1S/C24H29ClN4O3S/c1-5-15-28(33(31,32)18-11-7-6-8-12-18)17-23(30)26-22-16-21(24(2,3)4)27-29(22)20-14-10-9-13-19(20)25/h6-14,16H,5,15,17H2,1-4H3,(H,26,30). The summed E-state index contributed by atoms with van der Waals surface area (Å²) in [4.78, 5) is 13.2. The first-order chi connectivity index (χ1) is 15.5. The Morgan fingerprint density at radius 2 is 1.73 bits per heavy atom. The summed E-state index contributed by atoms with van der Waals surface area (Å²) in [5, 5.41) is 7.98. The van der Waals surface area contributed by atoms with Crippen LogP contribution in [0.4, 0.5) is 5.82 Å². The zero-order chi connectivity index (χ0) is 24.2. The lowest BCUT2D eigenvalue weighted by Gasteiger charge is -2.21. The average molecular weight is 489 g/mol. The smallest absolute Gasteiger partial charge is 0.243 e. The first-order valence-corrected chi connectivity index (χ1v) is 12.6. The van der Waals surface area contributed by atoms with Gasteiger partial charge < -0.3 is 5.32 Å². The van der Waals surface area contributed by atoms with E-state index in [9.17, 15) is 13.2 Å². The van der Waals surface area contributed by atoms with Crippen LogP contribution in [0, 0.1) is 0 Å². The highest BCUT2D eigenvalue weighted by molar-refractivity contribution is 7.89. The topological polar surface area (TPSA) is 84.3 Å². The van der Waals surface area contributed by atoms with Crippen LogP contribution in [0.25, 0.3) is 5.69 Å². The van der Waals surface area contributed by atoms with Gasteiger partial charge in [0.15, 0.2) is 0 Å². The summed E-state index contributed by atoms with van der Waals surface area (Å²) in [5.41, 5.74) is 1.11. The average Bonchev–Trinajstić information content (AvgIpc) is 3.18. The van der Waals surface area contributed by atoms with Gasteiger partial charge in [0.05, 0.1) is 27.8 Å². The first kappa shape index (κ1) is 25.0. The highest BCUT2D eigenvalue weighted by atomic mass is 35.5. The van der Waals surface area contributed by atoms with Crippen LogP contribution in [0.15, 0.2) is 65.6 Å². The number of amides is 1. The number of carbonyl (C=O) groups excluding carboxylic acids is 1. The van der Waals surface area contributed by atoms with Crippen molar-refractivity contribution in [3.05, 3.63) is 71.4 Å². The van der Waals surface area contributed by atoms with Gasteiger partial charge in [0.1, 0.15) is 5.82 Å². The molecule has 7 nitrogen and oxygen atoms in total. The van der Waals surface area contributed by atoms with Gasteiger partial charge in [0.25, 0.3) is 0 Å². The van der Waals surface area contributed by atoms with Gasteiger partial charge in [0, 0.05) is 18.0 Å². The molecular formula is C24H29ClN4O3S. The molecule has 0 radical (unpaired) electrons. The molecule has 3 aromatic rings. The molecule has 1 heterocycles. The first-order valence-electron chi connectivity index (χ1n) is 10.7. The highest BCUT2D eigenvalue weighted by Gasteiger charge is 2.27. The van der Waals surface area contributed by atoms with Crippen molar-refractivity contribution in [3.63, 3.8) is 0 Å². The number of para-hydroxylation sites is 1. The van der Waals surface area contributed by atoms with Crippen LogP contribution in [0.1, 0.15) is 39.8 Å². The maximum absolute atomic E-state index is 13.1. The van der Waals surface area contributed by atoms with Crippen molar-refractivity contribution in [1.82, 2.24) is 14.1 Å². The van der Waals surface area contributed by atoms with E-state index in [4.69, 9.17) is 11.6 Å². The van der Waals surface area contributed by atoms with Gasteiger partial charge in [-0.25, -0.2) is 13.1 Å². The number of aromatic nitrogens is 2. The quantitative estimate of drug-likeness (QED) is 0.490. The van der Waals surface area contributed by atoms with E-state index in [0.717, 1.165) is 5.69 Å². The van der Waals surface area contributed by atoms with E-state index in [2.05, 4.69) is 10.4 Å². The van der Waals surface area contributed by atoms with Crippen molar-refractivity contribution >= 4 is 33.3 Å². The van der Waals surface area contributed by atoms with Crippen LogP contribution >= 0.6 is 11.6 Å². The predicted octanol–water partition coefficient (Wildman–Crippen LogP) is 4.86. The molecule has 0 aliphatic rings. The molecule has 0 spiro atoms. The van der Waals surface area contributed by atoms with Gasteiger partial charge in [0.2, 0.25) is 15.9 Å². The normalized spacial score (nSPS) is 12.2. The monoisotopic (exact) mass is 488 g/mol. The van der Waals surface area contributed by atoms with E-state index in [0.29, 0.717) is 22.9 Å². The molecule has 0 aliphatic carbocycles. The van der Waals surface area contributed by atoms with E-state index in [1.165, 1.54) is 16.4 Å². The summed E-state index contributed by atoms with van der Waals surface area (Å²) in [6.07, 6.45) is 0.574. The number of hydrogen-bond donors (Lipinski definition) is 1. The maximum atomic E-state index is 13.1. The zero-order valence-corrected chi connectivity index (χ0v) is 20.8. The maximum Gasteiger partial charge on any atom is 0.243 e. The van der Waals surface area contributed by atoms with Crippen LogP contribution in [0.3, 0.4) is 0 Å². The Kier molecular flexibility index (Phi) is 7.62. The van der Waals surface area contributed by atoms with Crippen molar-refractivity contribution in [2.45, 2.75) is 44.4 Å². The van der Waals surface area contributed by atoms with Crippen LogP contribution in [-0.2, 0) is 20.2 Å².